The van der Waals surface area contributed by atoms with Crippen LogP contribution in [0.2, 0.25) is 0 Å². The van der Waals surface area contributed by atoms with E-state index in [-0.39, 0.29) is 5.91 Å². The van der Waals surface area contributed by atoms with Gasteiger partial charge in [-0.05, 0) is 43.0 Å². The molecule has 1 atom stereocenters. The summed E-state index contributed by atoms with van der Waals surface area (Å²) in [5, 5.41) is 7.36. The molecule has 0 saturated heterocycles. The Morgan fingerprint density at radius 2 is 1.71 bits per heavy atom. The Balaban J connectivity index is 1.38. The molecule has 144 valence electrons. The van der Waals surface area contributed by atoms with E-state index in [2.05, 4.69) is 22.5 Å². The van der Waals surface area contributed by atoms with Crippen LogP contribution in [-0.4, -0.2) is 21.8 Å². The van der Waals surface area contributed by atoms with Crippen molar-refractivity contribution in [3.63, 3.8) is 0 Å². The van der Waals surface area contributed by atoms with Gasteiger partial charge in [-0.25, -0.2) is 4.68 Å². The number of hydrogen-bond acceptors (Lipinski definition) is 3. The number of aromatic nitrogens is 2. The van der Waals surface area contributed by atoms with Crippen LogP contribution in [0.5, 0.6) is 5.75 Å². The lowest BCUT2D eigenvalue weighted by molar-refractivity contribution is -0.122. The lowest BCUT2D eigenvalue weighted by Crippen LogP contribution is -2.31. The van der Waals surface area contributed by atoms with Gasteiger partial charge in [-0.1, -0.05) is 55.3 Å². The Labute approximate surface area is 165 Å². The van der Waals surface area contributed by atoms with Gasteiger partial charge in [0.05, 0.1) is 12.2 Å². The van der Waals surface area contributed by atoms with E-state index < -0.39 is 6.10 Å². The van der Waals surface area contributed by atoms with E-state index in [1.54, 1.807) is 13.1 Å². The first-order valence-corrected chi connectivity index (χ1v) is 9.87. The van der Waals surface area contributed by atoms with E-state index in [1.165, 1.54) is 12.8 Å². The third kappa shape index (κ3) is 4.09. The summed E-state index contributed by atoms with van der Waals surface area (Å²) in [7, 11) is 0. The van der Waals surface area contributed by atoms with Crippen molar-refractivity contribution >= 4 is 11.7 Å². The monoisotopic (exact) mass is 375 g/mol. The molecule has 5 heteroatoms. The Kier molecular flexibility index (Phi) is 5.42. The zero-order valence-corrected chi connectivity index (χ0v) is 16.0. The number of amides is 1. The predicted molar refractivity (Wildman–Crippen MR) is 110 cm³/mol. The smallest absolute Gasteiger partial charge is 0.266 e. The van der Waals surface area contributed by atoms with E-state index in [4.69, 9.17) is 4.74 Å². The van der Waals surface area contributed by atoms with Crippen molar-refractivity contribution in [3.05, 3.63) is 66.9 Å². The maximum Gasteiger partial charge on any atom is 0.266 e. The van der Waals surface area contributed by atoms with Gasteiger partial charge in [-0.3, -0.25) is 4.79 Å². The molecule has 1 saturated carbocycles. The molecule has 1 aliphatic carbocycles. The molecule has 0 spiro atoms. The van der Waals surface area contributed by atoms with Crippen LogP contribution >= 0.6 is 0 Å². The molecule has 1 fully saturated rings. The van der Waals surface area contributed by atoms with Crippen LogP contribution in [0, 0.1) is 0 Å². The zero-order valence-electron chi connectivity index (χ0n) is 16.0. The van der Waals surface area contributed by atoms with Crippen molar-refractivity contribution in [1.82, 2.24) is 9.78 Å². The van der Waals surface area contributed by atoms with Crippen molar-refractivity contribution < 1.29 is 9.53 Å². The number of carbonyl (C=O) groups excluding carboxylic acids is 1. The summed E-state index contributed by atoms with van der Waals surface area (Å²) in [6, 6.07) is 20.2. The number of carbonyl (C=O) groups is 1. The van der Waals surface area contributed by atoms with Gasteiger partial charge in [0, 0.05) is 6.07 Å². The topological polar surface area (TPSA) is 56.1 Å². The average molecular weight is 375 g/mol. The zero-order chi connectivity index (χ0) is 19.3. The van der Waals surface area contributed by atoms with E-state index in [1.807, 2.05) is 53.2 Å². The second kappa shape index (κ2) is 8.30. The Hall–Kier alpha value is -3.08. The maximum absolute atomic E-state index is 12.6. The molecule has 1 heterocycles. The summed E-state index contributed by atoms with van der Waals surface area (Å²) in [5.74, 6) is 1.24. The Morgan fingerprint density at radius 1 is 1.04 bits per heavy atom. The lowest BCUT2D eigenvalue weighted by atomic mass is 10.1. The molecular weight excluding hydrogens is 350 g/mol. The minimum absolute atomic E-state index is 0.174. The molecule has 1 unspecified atom stereocenters. The fourth-order valence-electron chi connectivity index (χ4n) is 3.70. The van der Waals surface area contributed by atoms with Gasteiger partial charge in [-0.15, -0.1) is 0 Å². The molecular formula is C23H25N3O2. The number of hydrogen-bond donors (Lipinski definition) is 1. The van der Waals surface area contributed by atoms with Crippen LogP contribution in [-0.2, 0) is 4.79 Å². The predicted octanol–water partition coefficient (Wildman–Crippen LogP) is 5.07. The van der Waals surface area contributed by atoms with Crippen molar-refractivity contribution in [3.8, 4) is 16.9 Å². The first-order valence-electron chi connectivity index (χ1n) is 9.87. The molecule has 1 N–H and O–H groups in total. The van der Waals surface area contributed by atoms with Gasteiger partial charge in [0.1, 0.15) is 11.6 Å². The molecule has 28 heavy (non-hydrogen) atoms. The SMILES string of the molecule is CC(Oc1ccc(-c2ccccc2)cc1)C(=O)Nc1ccnn1C1CCCC1. The number of rotatable bonds is 6. The van der Waals surface area contributed by atoms with Crippen LogP contribution in [0.1, 0.15) is 38.6 Å². The van der Waals surface area contributed by atoms with Gasteiger partial charge in [0.25, 0.3) is 5.91 Å². The maximum atomic E-state index is 12.6. The summed E-state index contributed by atoms with van der Waals surface area (Å²) in [4.78, 5) is 12.6. The third-order valence-electron chi connectivity index (χ3n) is 5.24. The molecule has 0 bridgehead atoms. The summed E-state index contributed by atoms with van der Waals surface area (Å²) in [5.41, 5.74) is 2.27. The normalized spacial score (nSPS) is 15.3. The molecule has 1 amide bonds. The first-order chi connectivity index (χ1) is 13.7. The first kappa shape index (κ1) is 18.3. The summed E-state index contributed by atoms with van der Waals surface area (Å²) in [6.07, 6.45) is 5.80. The molecule has 1 aliphatic rings. The van der Waals surface area contributed by atoms with Crippen molar-refractivity contribution in [2.75, 3.05) is 5.32 Å². The van der Waals surface area contributed by atoms with Crippen molar-refractivity contribution in [1.29, 1.82) is 0 Å². The fraction of sp³-hybridized carbons (Fsp3) is 0.304. The van der Waals surface area contributed by atoms with Crippen LogP contribution in [0.4, 0.5) is 5.82 Å². The van der Waals surface area contributed by atoms with Gasteiger partial charge in [0.15, 0.2) is 6.10 Å². The molecule has 0 aliphatic heterocycles. The molecule has 2 aromatic carbocycles. The number of nitrogens with one attached hydrogen (secondary N) is 1. The van der Waals surface area contributed by atoms with Gasteiger partial charge in [-0.2, -0.15) is 5.10 Å². The van der Waals surface area contributed by atoms with Gasteiger partial charge in [0.2, 0.25) is 0 Å². The fourth-order valence-corrected chi connectivity index (χ4v) is 3.70. The highest BCUT2D eigenvalue weighted by molar-refractivity contribution is 5.93. The minimum Gasteiger partial charge on any atom is -0.481 e. The van der Waals surface area contributed by atoms with E-state index in [0.29, 0.717) is 11.8 Å². The van der Waals surface area contributed by atoms with E-state index >= 15 is 0 Å². The Morgan fingerprint density at radius 3 is 2.43 bits per heavy atom. The highest BCUT2D eigenvalue weighted by Gasteiger charge is 2.22. The highest BCUT2D eigenvalue weighted by Crippen LogP contribution is 2.31. The number of ether oxygens (including phenoxy) is 1. The minimum atomic E-state index is -0.602. The lowest BCUT2D eigenvalue weighted by Gasteiger charge is -2.18. The van der Waals surface area contributed by atoms with Gasteiger partial charge < -0.3 is 10.1 Å². The number of nitrogens with zero attached hydrogens (tertiary/aromatic N) is 2. The van der Waals surface area contributed by atoms with Crippen molar-refractivity contribution in [2.24, 2.45) is 0 Å². The van der Waals surface area contributed by atoms with Crippen LogP contribution in [0.25, 0.3) is 11.1 Å². The molecule has 5 nitrogen and oxygen atoms in total. The third-order valence-corrected chi connectivity index (χ3v) is 5.24. The van der Waals surface area contributed by atoms with Crippen LogP contribution in [0.3, 0.4) is 0 Å². The second-order valence-electron chi connectivity index (χ2n) is 7.24. The summed E-state index contributed by atoms with van der Waals surface area (Å²) < 4.78 is 7.78. The van der Waals surface area contributed by atoms with E-state index in [9.17, 15) is 4.79 Å². The highest BCUT2D eigenvalue weighted by atomic mass is 16.5. The number of anilines is 1. The summed E-state index contributed by atoms with van der Waals surface area (Å²) >= 11 is 0. The number of benzene rings is 2. The van der Waals surface area contributed by atoms with Crippen molar-refractivity contribution in [2.45, 2.75) is 44.8 Å². The van der Waals surface area contributed by atoms with E-state index in [0.717, 1.165) is 29.8 Å². The quantitative estimate of drug-likeness (QED) is 0.654. The second-order valence-corrected chi connectivity index (χ2v) is 7.24. The largest absolute Gasteiger partial charge is 0.481 e. The Bertz CT molecular complexity index is 913. The molecule has 4 rings (SSSR count). The molecule has 1 aromatic heterocycles. The standard InChI is InChI=1S/C23H25N3O2/c1-17(23(27)25-22-15-16-24-26(22)20-9-5-6-10-20)28-21-13-11-19(12-14-21)18-7-3-2-4-8-18/h2-4,7-8,11-17,20H,5-6,9-10H2,1H3,(H,25,27). The summed E-state index contributed by atoms with van der Waals surface area (Å²) in [6.45, 7) is 1.76. The average Bonchev–Trinajstić information content (AvgIpc) is 3.41. The molecule has 0 radical (unpaired) electrons. The molecule has 3 aromatic rings. The van der Waals surface area contributed by atoms with Crippen LogP contribution in [0.15, 0.2) is 66.9 Å². The van der Waals surface area contributed by atoms with Gasteiger partial charge >= 0.3 is 0 Å². The van der Waals surface area contributed by atoms with Crippen LogP contribution < -0.4 is 10.1 Å².